The van der Waals surface area contributed by atoms with Gasteiger partial charge in [-0.15, -0.1) is 0 Å². The number of nitrogens with one attached hydrogen (secondary N) is 2. The van der Waals surface area contributed by atoms with Crippen molar-refractivity contribution >= 4 is 28.4 Å². The molecule has 3 aromatic rings. The second kappa shape index (κ2) is 5.05. The molecule has 0 aliphatic rings. The van der Waals surface area contributed by atoms with Gasteiger partial charge in [-0.1, -0.05) is 18.2 Å². The van der Waals surface area contributed by atoms with Crippen LogP contribution in [0.2, 0.25) is 0 Å². The van der Waals surface area contributed by atoms with Gasteiger partial charge in [-0.3, -0.25) is 4.90 Å². The van der Waals surface area contributed by atoms with Crippen molar-refractivity contribution in [3.05, 3.63) is 54.9 Å². The van der Waals surface area contributed by atoms with Crippen LogP contribution in [-0.4, -0.2) is 23.0 Å². The van der Waals surface area contributed by atoms with Crippen molar-refractivity contribution in [1.29, 1.82) is 0 Å². The molecule has 5 heteroatoms. The van der Waals surface area contributed by atoms with Crippen molar-refractivity contribution in [2.75, 3.05) is 17.3 Å². The Bertz CT molecular complexity index is 736. The number of hydrogen-bond donors (Lipinski definition) is 2. The largest absolute Gasteiger partial charge is 0.345 e. The van der Waals surface area contributed by atoms with Crippen molar-refractivity contribution in [2.45, 2.75) is 0 Å². The zero-order valence-electron chi connectivity index (χ0n) is 11.0. The van der Waals surface area contributed by atoms with Crippen LogP contribution in [0.25, 0.3) is 11.0 Å². The molecule has 0 radical (unpaired) electrons. The Morgan fingerprint density at radius 1 is 1.20 bits per heavy atom. The molecule has 0 unspecified atom stereocenters. The summed E-state index contributed by atoms with van der Waals surface area (Å²) in [5.74, 6) is 0. The van der Waals surface area contributed by atoms with Crippen molar-refractivity contribution < 1.29 is 4.79 Å². The molecule has 3 rings (SSSR count). The second-order valence-electron chi connectivity index (χ2n) is 4.46. The van der Waals surface area contributed by atoms with Crippen molar-refractivity contribution in [3.8, 4) is 0 Å². The molecular formula is C15H14N4O. The molecule has 0 atom stereocenters. The normalized spacial score (nSPS) is 10.4. The Kier molecular flexibility index (Phi) is 3.09. The van der Waals surface area contributed by atoms with Crippen molar-refractivity contribution in [2.24, 2.45) is 0 Å². The first kappa shape index (κ1) is 12.2. The van der Waals surface area contributed by atoms with Gasteiger partial charge in [0.25, 0.3) is 0 Å². The van der Waals surface area contributed by atoms with Gasteiger partial charge in [0.15, 0.2) is 0 Å². The first-order valence-corrected chi connectivity index (χ1v) is 6.27. The number of urea groups is 1. The molecule has 1 aromatic heterocycles. The van der Waals surface area contributed by atoms with Gasteiger partial charge in [-0.2, -0.15) is 0 Å². The number of aromatic amines is 1. The van der Waals surface area contributed by atoms with Crippen LogP contribution >= 0.6 is 0 Å². The summed E-state index contributed by atoms with van der Waals surface area (Å²) in [6.45, 7) is 0. The smallest absolute Gasteiger partial charge is 0.326 e. The number of para-hydroxylation sites is 1. The molecule has 5 nitrogen and oxygen atoms in total. The minimum absolute atomic E-state index is 0.185. The zero-order chi connectivity index (χ0) is 13.9. The summed E-state index contributed by atoms with van der Waals surface area (Å²) >= 11 is 0. The van der Waals surface area contributed by atoms with E-state index in [0.29, 0.717) is 0 Å². The Balaban J connectivity index is 1.80. The average molecular weight is 266 g/mol. The van der Waals surface area contributed by atoms with E-state index in [0.717, 1.165) is 22.4 Å². The van der Waals surface area contributed by atoms with E-state index in [4.69, 9.17) is 0 Å². The van der Waals surface area contributed by atoms with Crippen LogP contribution in [0.15, 0.2) is 54.9 Å². The summed E-state index contributed by atoms with van der Waals surface area (Å²) < 4.78 is 0. The molecular weight excluding hydrogens is 252 g/mol. The number of fused-ring (bicyclic) bond motifs is 1. The third-order valence-corrected chi connectivity index (χ3v) is 3.12. The molecule has 0 aliphatic heterocycles. The van der Waals surface area contributed by atoms with Crippen LogP contribution < -0.4 is 10.2 Å². The summed E-state index contributed by atoms with van der Waals surface area (Å²) in [7, 11) is 1.73. The second-order valence-corrected chi connectivity index (χ2v) is 4.46. The molecule has 100 valence electrons. The van der Waals surface area contributed by atoms with Gasteiger partial charge in [0.05, 0.1) is 17.4 Å². The van der Waals surface area contributed by atoms with E-state index >= 15 is 0 Å². The van der Waals surface area contributed by atoms with E-state index in [9.17, 15) is 4.79 Å². The SMILES string of the molecule is CN(C(=O)Nc1ccccc1)c1ccc2nc[nH]c2c1. The molecule has 0 aliphatic carbocycles. The summed E-state index contributed by atoms with van der Waals surface area (Å²) in [5.41, 5.74) is 3.36. The monoisotopic (exact) mass is 266 g/mol. The van der Waals surface area contributed by atoms with Gasteiger partial charge < -0.3 is 10.3 Å². The van der Waals surface area contributed by atoms with Crippen LogP contribution in [0, 0.1) is 0 Å². The molecule has 20 heavy (non-hydrogen) atoms. The van der Waals surface area contributed by atoms with Crippen LogP contribution in [0.4, 0.5) is 16.2 Å². The van der Waals surface area contributed by atoms with E-state index in [1.807, 2.05) is 48.5 Å². The minimum Gasteiger partial charge on any atom is -0.345 e. The summed E-state index contributed by atoms with van der Waals surface area (Å²) in [6.07, 6.45) is 1.64. The lowest BCUT2D eigenvalue weighted by molar-refractivity contribution is 0.258. The van der Waals surface area contributed by atoms with Gasteiger partial charge in [0.2, 0.25) is 0 Å². The quantitative estimate of drug-likeness (QED) is 0.748. The number of carbonyl (C=O) groups excluding carboxylic acids is 1. The summed E-state index contributed by atoms with van der Waals surface area (Å²) in [6, 6.07) is 14.8. The van der Waals surface area contributed by atoms with Crippen LogP contribution in [-0.2, 0) is 0 Å². The fraction of sp³-hybridized carbons (Fsp3) is 0.0667. The number of imidazole rings is 1. The Labute approximate surface area is 116 Å². The number of carbonyl (C=O) groups is 1. The average Bonchev–Trinajstić information content (AvgIpc) is 2.94. The topological polar surface area (TPSA) is 61.0 Å². The standard InChI is InChI=1S/C15H14N4O/c1-19(15(20)18-11-5-3-2-4-6-11)12-7-8-13-14(9-12)17-10-16-13/h2-10H,1H3,(H,16,17)(H,18,20). The Hall–Kier alpha value is -2.82. The number of rotatable bonds is 2. The van der Waals surface area contributed by atoms with E-state index in [1.54, 1.807) is 18.3 Å². The van der Waals surface area contributed by atoms with Gasteiger partial charge in [0, 0.05) is 18.4 Å². The maximum absolute atomic E-state index is 12.2. The highest BCUT2D eigenvalue weighted by Crippen LogP contribution is 2.19. The van der Waals surface area contributed by atoms with E-state index in [-0.39, 0.29) is 6.03 Å². The number of aromatic nitrogens is 2. The Morgan fingerprint density at radius 3 is 2.80 bits per heavy atom. The van der Waals surface area contributed by atoms with Crippen LogP contribution in [0.1, 0.15) is 0 Å². The predicted molar refractivity (Wildman–Crippen MR) is 80.0 cm³/mol. The number of nitrogens with zero attached hydrogens (tertiary/aromatic N) is 2. The maximum Gasteiger partial charge on any atom is 0.326 e. The highest BCUT2D eigenvalue weighted by molar-refractivity contribution is 6.02. The lowest BCUT2D eigenvalue weighted by Gasteiger charge is -2.18. The first-order chi connectivity index (χ1) is 9.74. The third kappa shape index (κ3) is 2.33. The minimum atomic E-state index is -0.185. The highest BCUT2D eigenvalue weighted by atomic mass is 16.2. The predicted octanol–water partition coefficient (Wildman–Crippen LogP) is 3.23. The summed E-state index contributed by atoms with van der Waals surface area (Å²) in [4.78, 5) is 20.9. The molecule has 0 saturated carbocycles. The van der Waals surface area contributed by atoms with E-state index in [2.05, 4.69) is 15.3 Å². The van der Waals surface area contributed by atoms with E-state index < -0.39 is 0 Å². The van der Waals surface area contributed by atoms with Crippen molar-refractivity contribution in [3.63, 3.8) is 0 Å². The van der Waals surface area contributed by atoms with Gasteiger partial charge in [0.1, 0.15) is 0 Å². The lowest BCUT2D eigenvalue weighted by Crippen LogP contribution is -2.31. The number of benzene rings is 2. The van der Waals surface area contributed by atoms with Gasteiger partial charge in [-0.25, -0.2) is 9.78 Å². The fourth-order valence-electron chi connectivity index (χ4n) is 1.98. The summed E-state index contributed by atoms with van der Waals surface area (Å²) in [5, 5.41) is 2.84. The van der Waals surface area contributed by atoms with Crippen LogP contribution in [0.5, 0.6) is 0 Å². The number of H-pyrrole nitrogens is 1. The van der Waals surface area contributed by atoms with Gasteiger partial charge in [-0.05, 0) is 30.3 Å². The molecule has 2 amide bonds. The third-order valence-electron chi connectivity index (χ3n) is 3.12. The van der Waals surface area contributed by atoms with E-state index in [1.165, 1.54) is 0 Å². The fourth-order valence-corrected chi connectivity index (χ4v) is 1.98. The molecule has 1 heterocycles. The molecule has 0 spiro atoms. The number of amides is 2. The molecule has 0 bridgehead atoms. The Morgan fingerprint density at radius 2 is 2.00 bits per heavy atom. The molecule has 2 aromatic carbocycles. The maximum atomic E-state index is 12.2. The lowest BCUT2D eigenvalue weighted by atomic mass is 10.2. The van der Waals surface area contributed by atoms with Gasteiger partial charge >= 0.3 is 6.03 Å². The highest BCUT2D eigenvalue weighted by Gasteiger charge is 2.11. The van der Waals surface area contributed by atoms with Crippen molar-refractivity contribution in [1.82, 2.24) is 9.97 Å². The number of hydrogen-bond acceptors (Lipinski definition) is 2. The first-order valence-electron chi connectivity index (χ1n) is 6.27. The van der Waals surface area contributed by atoms with Crippen LogP contribution in [0.3, 0.4) is 0 Å². The zero-order valence-corrected chi connectivity index (χ0v) is 11.0. The molecule has 2 N–H and O–H groups in total. The molecule has 0 fully saturated rings. The number of anilines is 2. The molecule has 0 saturated heterocycles.